The average molecular weight is 388 g/mol. The maximum absolute atomic E-state index is 13.7. The summed E-state index contributed by atoms with van der Waals surface area (Å²) >= 11 is 1.22. The summed E-state index contributed by atoms with van der Waals surface area (Å²) in [6, 6.07) is 12.9. The minimum absolute atomic E-state index is 0.0587. The molecule has 1 atom stereocenters. The second-order valence-electron chi connectivity index (χ2n) is 5.99. The van der Waals surface area contributed by atoms with Gasteiger partial charge in [0, 0.05) is 19.5 Å². The highest BCUT2D eigenvalue weighted by Crippen LogP contribution is 2.24. The molecule has 1 N–H and O–H groups in total. The number of rotatable bonds is 6. The zero-order chi connectivity index (χ0) is 19.4. The molecule has 2 aromatic carbocycles. The van der Waals surface area contributed by atoms with E-state index in [1.807, 2.05) is 41.9 Å². The lowest BCUT2D eigenvalue weighted by atomic mass is 10.1. The Morgan fingerprint density at radius 1 is 1.19 bits per heavy atom. The minimum atomic E-state index is -0.815. The van der Waals surface area contributed by atoms with E-state index in [0.29, 0.717) is 11.6 Å². The van der Waals surface area contributed by atoms with Crippen LogP contribution in [0.1, 0.15) is 18.3 Å². The van der Waals surface area contributed by atoms with Gasteiger partial charge in [0.2, 0.25) is 5.91 Å². The molecule has 0 unspecified atom stereocenters. The highest BCUT2D eigenvalue weighted by Gasteiger charge is 2.20. The van der Waals surface area contributed by atoms with E-state index in [1.54, 1.807) is 6.92 Å². The molecular formula is C19H18F2N4OS. The van der Waals surface area contributed by atoms with E-state index in [4.69, 9.17) is 0 Å². The Balaban J connectivity index is 1.65. The van der Waals surface area contributed by atoms with Crippen molar-refractivity contribution in [1.82, 2.24) is 14.8 Å². The van der Waals surface area contributed by atoms with Crippen LogP contribution in [0.4, 0.5) is 14.5 Å². The first kappa shape index (κ1) is 19.0. The van der Waals surface area contributed by atoms with Gasteiger partial charge in [-0.25, -0.2) is 8.78 Å². The molecule has 1 amide bonds. The zero-order valence-corrected chi connectivity index (χ0v) is 15.6. The largest absolute Gasteiger partial charge is 0.323 e. The lowest BCUT2D eigenvalue weighted by Gasteiger charge is -2.12. The molecule has 0 fully saturated rings. The van der Waals surface area contributed by atoms with Crippen LogP contribution in [-0.4, -0.2) is 25.9 Å². The minimum Gasteiger partial charge on any atom is -0.323 e. The summed E-state index contributed by atoms with van der Waals surface area (Å²) < 4.78 is 28.5. The fourth-order valence-electron chi connectivity index (χ4n) is 2.42. The van der Waals surface area contributed by atoms with Crippen molar-refractivity contribution >= 4 is 23.4 Å². The van der Waals surface area contributed by atoms with Crippen LogP contribution < -0.4 is 5.32 Å². The van der Waals surface area contributed by atoms with E-state index < -0.39 is 22.8 Å². The number of benzene rings is 2. The monoisotopic (exact) mass is 388 g/mol. The van der Waals surface area contributed by atoms with Gasteiger partial charge in [-0.3, -0.25) is 4.79 Å². The fourth-order valence-corrected chi connectivity index (χ4v) is 3.25. The Bertz CT molecular complexity index is 946. The summed E-state index contributed by atoms with van der Waals surface area (Å²) in [6.07, 6.45) is 0.631. The maximum Gasteiger partial charge on any atom is 0.237 e. The first-order chi connectivity index (χ1) is 12.9. The smallest absolute Gasteiger partial charge is 0.237 e. The number of nitrogens with one attached hydrogen (secondary N) is 1. The molecule has 0 aliphatic carbocycles. The quantitative estimate of drug-likeness (QED) is 0.653. The number of carbonyl (C=O) groups is 1. The Morgan fingerprint density at radius 2 is 1.93 bits per heavy atom. The second kappa shape index (κ2) is 8.30. The predicted molar refractivity (Wildman–Crippen MR) is 101 cm³/mol. The SMILES string of the molecule is C[C@@H](Sc1nnc(Cc2ccccc2)n1C)C(=O)Nc1ccc(F)cc1F. The topological polar surface area (TPSA) is 59.8 Å². The molecule has 0 aliphatic rings. The first-order valence-electron chi connectivity index (χ1n) is 8.29. The van der Waals surface area contributed by atoms with Crippen molar-refractivity contribution in [2.75, 3.05) is 5.32 Å². The van der Waals surface area contributed by atoms with E-state index in [1.165, 1.54) is 17.8 Å². The van der Waals surface area contributed by atoms with Crippen molar-refractivity contribution in [2.24, 2.45) is 7.05 Å². The third-order valence-electron chi connectivity index (χ3n) is 3.97. The van der Waals surface area contributed by atoms with E-state index in [-0.39, 0.29) is 5.69 Å². The summed E-state index contributed by atoms with van der Waals surface area (Å²) in [5, 5.41) is 10.8. The molecule has 0 radical (unpaired) electrons. The van der Waals surface area contributed by atoms with Crippen LogP contribution in [0.2, 0.25) is 0 Å². The van der Waals surface area contributed by atoms with Gasteiger partial charge >= 0.3 is 0 Å². The van der Waals surface area contributed by atoms with Crippen molar-refractivity contribution in [1.29, 1.82) is 0 Å². The van der Waals surface area contributed by atoms with Gasteiger partial charge in [0.15, 0.2) is 5.16 Å². The van der Waals surface area contributed by atoms with E-state index in [2.05, 4.69) is 15.5 Å². The number of nitrogens with zero attached hydrogens (tertiary/aromatic N) is 3. The maximum atomic E-state index is 13.7. The van der Waals surface area contributed by atoms with Crippen LogP contribution >= 0.6 is 11.8 Å². The summed E-state index contributed by atoms with van der Waals surface area (Å²) in [5.74, 6) is -1.14. The number of thioether (sulfide) groups is 1. The van der Waals surface area contributed by atoms with E-state index in [0.717, 1.165) is 23.5 Å². The molecule has 1 aromatic heterocycles. The van der Waals surface area contributed by atoms with Gasteiger partial charge in [-0.15, -0.1) is 10.2 Å². The number of amides is 1. The van der Waals surface area contributed by atoms with Gasteiger partial charge in [0.25, 0.3) is 0 Å². The van der Waals surface area contributed by atoms with Crippen molar-refractivity contribution in [2.45, 2.75) is 23.8 Å². The lowest BCUT2D eigenvalue weighted by Crippen LogP contribution is -2.23. The van der Waals surface area contributed by atoms with Crippen LogP contribution in [-0.2, 0) is 18.3 Å². The number of carbonyl (C=O) groups excluding carboxylic acids is 1. The molecule has 1 heterocycles. The van der Waals surface area contributed by atoms with Crippen LogP contribution in [0.25, 0.3) is 0 Å². The van der Waals surface area contributed by atoms with Gasteiger partial charge in [0.05, 0.1) is 10.9 Å². The standard InChI is InChI=1S/C19H18F2N4OS/c1-12(18(26)22-16-9-8-14(20)11-15(16)21)27-19-24-23-17(25(19)2)10-13-6-4-3-5-7-13/h3-9,11-12H,10H2,1-2H3,(H,22,26)/t12-/m1/s1. The number of anilines is 1. The Labute approximate surface area is 159 Å². The average Bonchev–Trinajstić information content (AvgIpc) is 2.98. The molecule has 0 saturated heterocycles. The number of hydrogen-bond acceptors (Lipinski definition) is 4. The Morgan fingerprint density at radius 3 is 2.63 bits per heavy atom. The van der Waals surface area contributed by atoms with E-state index >= 15 is 0 Å². The molecule has 3 aromatic rings. The molecular weight excluding hydrogens is 370 g/mol. The Hall–Kier alpha value is -2.74. The predicted octanol–water partition coefficient (Wildman–Crippen LogP) is 3.80. The van der Waals surface area contributed by atoms with Gasteiger partial charge in [-0.1, -0.05) is 42.1 Å². The van der Waals surface area contributed by atoms with Crippen molar-refractivity contribution < 1.29 is 13.6 Å². The lowest BCUT2D eigenvalue weighted by molar-refractivity contribution is -0.115. The van der Waals surface area contributed by atoms with Crippen molar-refractivity contribution in [3.63, 3.8) is 0 Å². The molecule has 0 bridgehead atoms. The fraction of sp³-hybridized carbons (Fsp3) is 0.211. The second-order valence-corrected chi connectivity index (χ2v) is 7.30. The van der Waals surface area contributed by atoms with Gasteiger partial charge in [-0.2, -0.15) is 0 Å². The van der Waals surface area contributed by atoms with Crippen LogP contribution in [0.15, 0.2) is 53.7 Å². The van der Waals surface area contributed by atoms with Crippen LogP contribution in [0.3, 0.4) is 0 Å². The summed E-state index contributed by atoms with van der Waals surface area (Å²) in [4.78, 5) is 12.3. The van der Waals surface area contributed by atoms with Gasteiger partial charge in [-0.05, 0) is 24.6 Å². The highest BCUT2D eigenvalue weighted by molar-refractivity contribution is 8.00. The zero-order valence-electron chi connectivity index (χ0n) is 14.8. The number of hydrogen-bond donors (Lipinski definition) is 1. The Kier molecular flexibility index (Phi) is 5.85. The first-order valence-corrected chi connectivity index (χ1v) is 9.17. The van der Waals surface area contributed by atoms with Crippen molar-refractivity contribution in [3.8, 4) is 0 Å². The third kappa shape index (κ3) is 4.71. The molecule has 3 rings (SSSR count). The van der Waals surface area contributed by atoms with Gasteiger partial charge in [0.1, 0.15) is 17.5 Å². The van der Waals surface area contributed by atoms with E-state index in [9.17, 15) is 13.6 Å². The van der Waals surface area contributed by atoms with Crippen LogP contribution in [0.5, 0.6) is 0 Å². The molecule has 0 spiro atoms. The molecule has 140 valence electrons. The van der Waals surface area contributed by atoms with Gasteiger partial charge < -0.3 is 9.88 Å². The third-order valence-corrected chi connectivity index (χ3v) is 5.10. The normalized spacial score (nSPS) is 12.0. The molecule has 5 nitrogen and oxygen atoms in total. The summed E-state index contributed by atoms with van der Waals surface area (Å²) in [6.45, 7) is 1.69. The van der Waals surface area contributed by atoms with Crippen LogP contribution in [0, 0.1) is 11.6 Å². The summed E-state index contributed by atoms with van der Waals surface area (Å²) in [5.41, 5.74) is 1.05. The molecule has 8 heteroatoms. The molecule has 0 aliphatic heterocycles. The highest BCUT2D eigenvalue weighted by atomic mass is 32.2. The van der Waals surface area contributed by atoms with Crippen molar-refractivity contribution in [3.05, 3.63) is 71.6 Å². The molecule has 27 heavy (non-hydrogen) atoms. The number of halogens is 2. The molecule has 0 saturated carbocycles. The number of aromatic nitrogens is 3. The summed E-state index contributed by atoms with van der Waals surface area (Å²) in [7, 11) is 1.84.